The summed E-state index contributed by atoms with van der Waals surface area (Å²) in [6.45, 7) is 14.6. The summed E-state index contributed by atoms with van der Waals surface area (Å²) in [4.78, 5) is 30.2. The van der Waals surface area contributed by atoms with Gasteiger partial charge in [0.2, 0.25) is 5.95 Å². The van der Waals surface area contributed by atoms with Crippen molar-refractivity contribution >= 4 is 74.6 Å². The van der Waals surface area contributed by atoms with Gasteiger partial charge in [-0.3, -0.25) is 4.98 Å². The molecule has 3 aromatic heterocycles. The smallest absolute Gasteiger partial charge is 0.410 e. The summed E-state index contributed by atoms with van der Waals surface area (Å²) in [6.07, 6.45) is 8.62. The third-order valence-electron chi connectivity index (χ3n) is 7.90. The maximum absolute atomic E-state index is 12.7. The average molecular weight is 798 g/mol. The van der Waals surface area contributed by atoms with Gasteiger partial charge in [0.05, 0.1) is 21.9 Å². The summed E-state index contributed by atoms with van der Waals surface area (Å²) < 4.78 is 13.9. The monoisotopic (exact) mass is 797 g/mol. The fourth-order valence-corrected chi connectivity index (χ4v) is 8.18. The van der Waals surface area contributed by atoms with Gasteiger partial charge >= 0.3 is 6.09 Å². The lowest BCUT2D eigenvalue weighted by atomic mass is 9.73. The molecule has 2 saturated heterocycles. The Morgan fingerprint density at radius 2 is 1.74 bits per heavy atom. The Bertz CT molecular complexity index is 1670. The van der Waals surface area contributed by atoms with Crippen molar-refractivity contribution in [3.63, 3.8) is 0 Å². The summed E-state index contributed by atoms with van der Waals surface area (Å²) in [7, 11) is 0. The van der Waals surface area contributed by atoms with Crippen LogP contribution in [0.1, 0.15) is 66.1 Å². The van der Waals surface area contributed by atoms with Gasteiger partial charge in [0.1, 0.15) is 23.1 Å². The van der Waals surface area contributed by atoms with Crippen molar-refractivity contribution < 1.29 is 14.3 Å². The van der Waals surface area contributed by atoms with Crippen LogP contribution < -0.4 is 9.64 Å². The number of piperidine rings is 1. The van der Waals surface area contributed by atoms with Gasteiger partial charge < -0.3 is 19.3 Å². The van der Waals surface area contributed by atoms with Crippen LogP contribution in [0.2, 0.25) is 10.0 Å². The number of anilines is 1. The molecule has 6 rings (SSSR count). The number of amides is 1. The minimum absolute atomic E-state index is 0.0473. The highest BCUT2D eigenvalue weighted by molar-refractivity contribution is 14.2. The van der Waals surface area contributed by atoms with Gasteiger partial charge in [-0.15, -0.1) is 0 Å². The molecule has 1 aromatic carbocycles. The zero-order chi connectivity index (χ0) is 33.2. The SMILES string of the molecule is CC.C[C@@H](Oc1ccc2c(c1)c(-c1cnc(N3CC4(CCCN(C(=O)OC(C)(C)C)C4)C3)nc1)nn2PI)c1c(Cl)cncc1Cl. The summed E-state index contributed by atoms with van der Waals surface area (Å²) >= 11 is 15.1. The molecule has 1 amide bonds. The van der Waals surface area contributed by atoms with Crippen LogP contribution in [0.4, 0.5) is 10.7 Å². The van der Waals surface area contributed by atoms with E-state index in [9.17, 15) is 4.79 Å². The quantitative estimate of drug-likeness (QED) is 0.141. The number of carbonyl (C=O) groups is 1. The summed E-state index contributed by atoms with van der Waals surface area (Å²) in [6, 6.07) is 5.92. The highest BCUT2D eigenvalue weighted by Crippen LogP contribution is 2.42. The number of likely N-dealkylation sites (tertiary alicyclic amines) is 1. The van der Waals surface area contributed by atoms with Crippen molar-refractivity contribution in [3.8, 4) is 17.0 Å². The lowest BCUT2D eigenvalue weighted by Gasteiger charge is -2.54. The molecular formula is C32H39Cl2IN7O3P. The highest BCUT2D eigenvalue weighted by atomic mass is 127. The minimum Gasteiger partial charge on any atom is -0.486 e. The first-order chi connectivity index (χ1) is 21.9. The van der Waals surface area contributed by atoms with Crippen LogP contribution in [0, 0.1) is 5.41 Å². The predicted molar refractivity (Wildman–Crippen MR) is 195 cm³/mol. The number of rotatable bonds is 6. The number of hydrogen-bond donors (Lipinski definition) is 0. The first kappa shape index (κ1) is 34.9. The standard InChI is InChI=1S/C30H33Cl2IN7O3P.C2H6/c1-18(25-22(31)13-34-14-23(25)32)42-20-6-7-24-21(10-20)26(37-40(24)44-33)19-11-35-27(36-12-19)39-16-30(17-39)8-5-9-38(15-30)28(41)43-29(2,3)4;1-2/h6-7,10-14,18,44H,5,8-9,15-17H2,1-4H3;1-2H3/t18-;/m1./s1. The van der Waals surface area contributed by atoms with Crippen LogP contribution in [0.3, 0.4) is 0 Å². The fourth-order valence-electron chi connectivity index (χ4n) is 5.98. The maximum atomic E-state index is 12.7. The molecule has 5 heterocycles. The first-order valence-electron chi connectivity index (χ1n) is 15.4. The van der Waals surface area contributed by atoms with Gasteiger partial charge in [0.25, 0.3) is 0 Å². The molecule has 2 atom stereocenters. The molecule has 1 spiro atoms. The molecule has 2 fully saturated rings. The molecule has 4 aromatic rings. The predicted octanol–water partition coefficient (Wildman–Crippen LogP) is 8.99. The number of benzene rings is 1. The molecule has 2 aliphatic heterocycles. The zero-order valence-corrected chi connectivity index (χ0v) is 31.5. The number of ether oxygens (including phenoxy) is 2. The van der Waals surface area contributed by atoms with Crippen LogP contribution in [-0.2, 0) is 4.74 Å². The first-order valence-corrected chi connectivity index (χ1v) is 20.2. The Morgan fingerprint density at radius 1 is 1.07 bits per heavy atom. The molecule has 0 N–H and O–H groups in total. The molecule has 246 valence electrons. The number of nitrogens with zero attached hydrogens (tertiary/aromatic N) is 7. The van der Waals surface area contributed by atoms with Crippen LogP contribution in [0.5, 0.6) is 5.75 Å². The number of halogens is 3. The molecule has 0 aliphatic carbocycles. The number of hydrogen-bond acceptors (Lipinski definition) is 8. The van der Waals surface area contributed by atoms with Gasteiger partial charge in [-0.2, -0.15) is 5.10 Å². The third kappa shape index (κ3) is 7.48. The van der Waals surface area contributed by atoms with E-state index in [1.165, 1.54) is 0 Å². The summed E-state index contributed by atoms with van der Waals surface area (Å²) in [5.41, 5.74) is 2.84. The molecule has 14 heteroatoms. The largest absolute Gasteiger partial charge is 0.486 e. The van der Waals surface area contributed by atoms with Crippen LogP contribution in [0.15, 0.2) is 43.0 Å². The fraction of sp³-hybridized carbons (Fsp3) is 0.469. The van der Waals surface area contributed by atoms with Crippen LogP contribution >= 0.6 is 51.6 Å². The van der Waals surface area contributed by atoms with Crippen molar-refractivity contribution in [3.05, 3.63) is 58.6 Å². The zero-order valence-electron chi connectivity index (χ0n) is 26.9. The second-order valence-electron chi connectivity index (χ2n) is 12.4. The number of fused-ring (bicyclic) bond motifs is 1. The number of pyridine rings is 1. The van der Waals surface area contributed by atoms with Crippen LogP contribution in [-0.4, -0.2) is 67.3 Å². The number of aromatic nitrogens is 5. The van der Waals surface area contributed by atoms with E-state index >= 15 is 0 Å². The van der Waals surface area contributed by atoms with E-state index in [0.717, 1.165) is 54.6 Å². The Kier molecular flexibility index (Phi) is 10.9. The Labute approximate surface area is 294 Å². The minimum atomic E-state index is -0.503. The van der Waals surface area contributed by atoms with Gasteiger partial charge in [0.15, 0.2) is 0 Å². The van der Waals surface area contributed by atoms with E-state index in [-0.39, 0.29) is 17.6 Å². The lowest BCUT2D eigenvalue weighted by Crippen LogP contribution is -2.64. The van der Waals surface area contributed by atoms with Crippen molar-refractivity contribution in [2.75, 3.05) is 31.1 Å². The van der Waals surface area contributed by atoms with Gasteiger partial charge in [-0.1, -0.05) is 37.0 Å². The van der Waals surface area contributed by atoms with Crippen molar-refractivity contribution in [1.82, 2.24) is 29.4 Å². The summed E-state index contributed by atoms with van der Waals surface area (Å²) in [5, 5.41) is 6.74. The van der Waals surface area contributed by atoms with E-state index in [1.807, 2.05) is 81.5 Å². The second kappa shape index (κ2) is 14.3. The van der Waals surface area contributed by atoms with Gasteiger partial charge in [-0.05, 0) is 80.8 Å². The van der Waals surface area contributed by atoms with Crippen LogP contribution in [0.25, 0.3) is 22.2 Å². The van der Waals surface area contributed by atoms with Gasteiger partial charge in [0, 0.05) is 72.9 Å². The van der Waals surface area contributed by atoms with E-state index < -0.39 is 5.60 Å². The Morgan fingerprint density at radius 3 is 2.37 bits per heavy atom. The molecule has 46 heavy (non-hydrogen) atoms. The number of carbonyl (C=O) groups excluding carboxylic acids is 1. The molecule has 1 unspecified atom stereocenters. The third-order valence-corrected chi connectivity index (χ3v) is 10.4. The van der Waals surface area contributed by atoms with Crippen molar-refractivity contribution in [1.29, 1.82) is 0 Å². The van der Waals surface area contributed by atoms with Gasteiger partial charge in [-0.25, -0.2) is 19.2 Å². The maximum Gasteiger partial charge on any atom is 0.410 e. The van der Waals surface area contributed by atoms with Crippen molar-refractivity contribution in [2.24, 2.45) is 5.41 Å². The molecule has 10 nitrogen and oxygen atoms in total. The topological polar surface area (TPSA) is 98.5 Å². The molecule has 0 bridgehead atoms. The van der Waals surface area contributed by atoms with E-state index in [2.05, 4.69) is 31.9 Å². The molecule has 2 aliphatic rings. The summed E-state index contributed by atoms with van der Waals surface area (Å²) in [5.74, 6) is 1.35. The normalized spacial score (nSPS) is 16.7. The van der Waals surface area contributed by atoms with E-state index in [4.69, 9.17) is 47.7 Å². The molecule has 0 saturated carbocycles. The Hall–Kier alpha value is -2.47. The second-order valence-corrected chi connectivity index (χ2v) is 15.3. The Balaban J connectivity index is 0.00000204. The average Bonchev–Trinajstić information content (AvgIpc) is 3.38. The van der Waals surface area contributed by atoms with E-state index in [1.54, 1.807) is 12.4 Å². The molecule has 0 radical (unpaired) electrons. The molecular weight excluding hydrogens is 759 g/mol. The van der Waals surface area contributed by atoms with E-state index in [0.29, 0.717) is 40.2 Å². The highest BCUT2D eigenvalue weighted by Gasteiger charge is 2.48. The lowest BCUT2D eigenvalue weighted by molar-refractivity contribution is -0.00166. The van der Waals surface area contributed by atoms with Crippen molar-refractivity contribution in [2.45, 2.75) is 66.1 Å².